The number of nitrogens with zero attached hydrogens (tertiary/aromatic N) is 4. The lowest BCUT2D eigenvalue weighted by atomic mass is 9.91. The maximum Gasteiger partial charge on any atom is 0.244 e. The van der Waals surface area contributed by atoms with Crippen LogP contribution in [0.3, 0.4) is 0 Å². The molecule has 2 atom stereocenters. The number of carbonyl (C=O) groups excluding carboxylic acids is 1. The Hall–Kier alpha value is -1.43. The highest BCUT2D eigenvalue weighted by Gasteiger charge is 2.30. The minimum atomic E-state index is 0.0810. The number of amides is 1. The Morgan fingerprint density at radius 2 is 2.41 bits per heavy atom. The summed E-state index contributed by atoms with van der Waals surface area (Å²) in [5, 5.41) is 7.50. The third kappa shape index (κ3) is 2.63. The van der Waals surface area contributed by atoms with E-state index < -0.39 is 0 Å². The van der Waals surface area contributed by atoms with Crippen molar-refractivity contribution in [2.45, 2.75) is 32.4 Å². The standard InChI is InChI=1S/C11H19N5O/c1-9-3-2-5-16(10(9)7-12)11(17)8-15-6-4-13-14-15/h4,6,9-10H,2-3,5,7-8,12H2,1H3/t9-,10-/m1/s1. The Kier molecular flexibility index (Phi) is 3.73. The Morgan fingerprint density at radius 1 is 1.59 bits per heavy atom. The average Bonchev–Trinajstić information content (AvgIpc) is 2.81. The molecule has 1 aromatic rings. The van der Waals surface area contributed by atoms with Gasteiger partial charge in [0, 0.05) is 25.3 Å². The molecule has 0 spiro atoms. The number of rotatable bonds is 3. The summed E-state index contributed by atoms with van der Waals surface area (Å²) in [6.45, 7) is 3.75. The molecule has 17 heavy (non-hydrogen) atoms. The molecule has 1 aromatic heterocycles. The first-order valence-electron chi connectivity index (χ1n) is 6.06. The van der Waals surface area contributed by atoms with Crippen LogP contribution in [-0.2, 0) is 11.3 Å². The SMILES string of the molecule is C[C@@H]1CCCN(C(=O)Cn2ccnn2)[C@@H]1CN. The Morgan fingerprint density at radius 3 is 3.06 bits per heavy atom. The maximum absolute atomic E-state index is 12.2. The van der Waals surface area contributed by atoms with E-state index in [1.807, 2.05) is 4.90 Å². The van der Waals surface area contributed by atoms with E-state index in [-0.39, 0.29) is 18.5 Å². The molecule has 1 aliphatic heterocycles. The molecular formula is C11H19N5O. The third-order valence-electron chi connectivity index (χ3n) is 3.45. The predicted molar refractivity (Wildman–Crippen MR) is 63.0 cm³/mol. The van der Waals surface area contributed by atoms with Crippen molar-refractivity contribution in [1.29, 1.82) is 0 Å². The molecule has 0 bridgehead atoms. The highest BCUT2D eigenvalue weighted by molar-refractivity contribution is 5.76. The molecule has 94 valence electrons. The van der Waals surface area contributed by atoms with Crippen molar-refractivity contribution in [3.63, 3.8) is 0 Å². The summed E-state index contributed by atoms with van der Waals surface area (Å²) < 4.78 is 1.55. The molecule has 0 unspecified atom stereocenters. The Labute approximate surface area is 101 Å². The first kappa shape index (κ1) is 12.0. The van der Waals surface area contributed by atoms with Crippen LogP contribution < -0.4 is 5.73 Å². The second-order valence-electron chi connectivity index (χ2n) is 4.61. The van der Waals surface area contributed by atoms with Crippen molar-refractivity contribution in [2.75, 3.05) is 13.1 Å². The summed E-state index contributed by atoms with van der Waals surface area (Å²) >= 11 is 0. The van der Waals surface area contributed by atoms with E-state index in [1.54, 1.807) is 17.1 Å². The number of likely N-dealkylation sites (tertiary alicyclic amines) is 1. The summed E-state index contributed by atoms with van der Waals surface area (Å²) in [4.78, 5) is 14.1. The summed E-state index contributed by atoms with van der Waals surface area (Å²) in [7, 11) is 0. The van der Waals surface area contributed by atoms with E-state index >= 15 is 0 Å². The molecule has 0 radical (unpaired) electrons. The first-order valence-corrected chi connectivity index (χ1v) is 6.06. The number of hydrogen-bond acceptors (Lipinski definition) is 4. The van der Waals surface area contributed by atoms with Crippen molar-refractivity contribution in [3.05, 3.63) is 12.4 Å². The highest BCUT2D eigenvalue weighted by Crippen LogP contribution is 2.22. The molecule has 6 heteroatoms. The Balaban J connectivity index is 2.02. The summed E-state index contributed by atoms with van der Waals surface area (Å²) in [6, 6.07) is 0.166. The molecule has 0 aliphatic carbocycles. The largest absolute Gasteiger partial charge is 0.337 e. The van der Waals surface area contributed by atoms with Gasteiger partial charge in [-0.1, -0.05) is 12.1 Å². The lowest BCUT2D eigenvalue weighted by molar-refractivity contribution is -0.136. The highest BCUT2D eigenvalue weighted by atomic mass is 16.2. The van der Waals surface area contributed by atoms with Gasteiger partial charge in [-0.3, -0.25) is 4.79 Å². The van der Waals surface area contributed by atoms with Crippen LogP contribution in [0.4, 0.5) is 0 Å². The van der Waals surface area contributed by atoms with Gasteiger partial charge in [0.25, 0.3) is 0 Å². The maximum atomic E-state index is 12.2. The van der Waals surface area contributed by atoms with Crippen LogP contribution in [0.15, 0.2) is 12.4 Å². The van der Waals surface area contributed by atoms with Crippen molar-refractivity contribution < 1.29 is 4.79 Å². The van der Waals surface area contributed by atoms with Gasteiger partial charge in [-0.15, -0.1) is 5.10 Å². The van der Waals surface area contributed by atoms with Crippen LogP contribution in [0.5, 0.6) is 0 Å². The van der Waals surface area contributed by atoms with Gasteiger partial charge in [-0.25, -0.2) is 4.68 Å². The third-order valence-corrected chi connectivity index (χ3v) is 3.45. The molecule has 0 aromatic carbocycles. The minimum Gasteiger partial charge on any atom is -0.337 e. The normalized spacial score (nSPS) is 24.9. The fourth-order valence-electron chi connectivity index (χ4n) is 2.46. The van der Waals surface area contributed by atoms with Gasteiger partial charge in [0.15, 0.2) is 0 Å². The zero-order valence-electron chi connectivity index (χ0n) is 10.1. The van der Waals surface area contributed by atoms with Crippen molar-refractivity contribution in [1.82, 2.24) is 19.9 Å². The molecule has 2 rings (SSSR count). The Bertz CT molecular complexity index is 364. The zero-order valence-corrected chi connectivity index (χ0v) is 10.1. The second-order valence-corrected chi connectivity index (χ2v) is 4.61. The fraction of sp³-hybridized carbons (Fsp3) is 0.727. The van der Waals surface area contributed by atoms with E-state index in [4.69, 9.17) is 5.73 Å². The fourth-order valence-corrected chi connectivity index (χ4v) is 2.46. The van der Waals surface area contributed by atoms with Gasteiger partial charge in [0.1, 0.15) is 6.54 Å². The number of piperidine rings is 1. The molecule has 6 nitrogen and oxygen atoms in total. The smallest absolute Gasteiger partial charge is 0.244 e. The van der Waals surface area contributed by atoms with Crippen LogP contribution >= 0.6 is 0 Å². The van der Waals surface area contributed by atoms with Crippen molar-refractivity contribution in [3.8, 4) is 0 Å². The van der Waals surface area contributed by atoms with Gasteiger partial charge < -0.3 is 10.6 Å². The number of hydrogen-bond donors (Lipinski definition) is 1. The van der Waals surface area contributed by atoms with E-state index in [0.29, 0.717) is 12.5 Å². The van der Waals surface area contributed by atoms with Gasteiger partial charge in [-0.05, 0) is 18.8 Å². The number of carbonyl (C=O) groups is 1. The average molecular weight is 237 g/mol. The first-order chi connectivity index (χ1) is 8.22. The molecule has 1 saturated heterocycles. The number of aromatic nitrogens is 3. The minimum absolute atomic E-state index is 0.0810. The van der Waals surface area contributed by atoms with E-state index in [0.717, 1.165) is 19.4 Å². The lowest BCUT2D eigenvalue weighted by Gasteiger charge is -2.39. The van der Waals surface area contributed by atoms with Gasteiger partial charge in [-0.2, -0.15) is 0 Å². The summed E-state index contributed by atoms with van der Waals surface area (Å²) in [5.74, 6) is 0.561. The quantitative estimate of drug-likeness (QED) is 0.794. The summed E-state index contributed by atoms with van der Waals surface area (Å²) in [6.07, 6.45) is 5.48. The monoisotopic (exact) mass is 237 g/mol. The molecule has 1 amide bonds. The van der Waals surface area contributed by atoms with Gasteiger partial charge >= 0.3 is 0 Å². The van der Waals surface area contributed by atoms with E-state index in [1.165, 1.54) is 0 Å². The number of nitrogens with two attached hydrogens (primary N) is 1. The molecule has 1 aliphatic rings. The van der Waals surface area contributed by atoms with Gasteiger partial charge in [0.2, 0.25) is 5.91 Å². The zero-order chi connectivity index (χ0) is 12.3. The van der Waals surface area contributed by atoms with Crippen LogP contribution in [0.1, 0.15) is 19.8 Å². The van der Waals surface area contributed by atoms with Crippen LogP contribution in [0.25, 0.3) is 0 Å². The summed E-state index contributed by atoms with van der Waals surface area (Å²) in [5.41, 5.74) is 5.77. The van der Waals surface area contributed by atoms with Crippen molar-refractivity contribution in [2.24, 2.45) is 11.7 Å². The van der Waals surface area contributed by atoms with Gasteiger partial charge in [0.05, 0.1) is 6.20 Å². The molecule has 2 heterocycles. The van der Waals surface area contributed by atoms with Crippen molar-refractivity contribution >= 4 is 5.91 Å². The molecule has 0 saturated carbocycles. The van der Waals surface area contributed by atoms with Crippen LogP contribution in [0, 0.1) is 5.92 Å². The van der Waals surface area contributed by atoms with E-state index in [2.05, 4.69) is 17.2 Å². The molecule has 1 fully saturated rings. The topological polar surface area (TPSA) is 77.0 Å². The lowest BCUT2D eigenvalue weighted by Crippen LogP contribution is -2.52. The second kappa shape index (κ2) is 5.27. The predicted octanol–water partition coefficient (Wildman–Crippen LogP) is -0.136. The molecular weight excluding hydrogens is 218 g/mol. The van der Waals surface area contributed by atoms with Crippen LogP contribution in [-0.4, -0.2) is 44.9 Å². The van der Waals surface area contributed by atoms with Crippen LogP contribution in [0.2, 0.25) is 0 Å². The molecule has 2 N–H and O–H groups in total. The van der Waals surface area contributed by atoms with E-state index in [9.17, 15) is 4.79 Å².